The molecule has 0 saturated carbocycles. The average Bonchev–Trinajstić information content (AvgIpc) is 2.92. The molecule has 0 aromatic heterocycles. The fourth-order valence-corrected chi connectivity index (χ4v) is 3.18. The molecular formula is C16H16BrFN2O. The average molecular weight is 351 g/mol. The summed E-state index contributed by atoms with van der Waals surface area (Å²) in [6, 6.07) is 12.6. The second-order valence-corrected chi connectivity index (χ2v) is 6.02. The van der Waals surface area contributed by atoms with Crippen LogP contribution in [0.1, 0.15) is 17.0 Å². The third-order valence-electron chi connectivity index (χ3n) is 3.88. The number of nitrogens with one attached hydrogen (secondary N) is 1. The number of benzene rings is 2. The molecule has 2 atom stereocenters. The first kappa shape index (κ1) is 14.5. The Morgan fingerprint density at radius 3 is 2.95 bits per heavy atom. The van der Waals surface area contributed by atoms with Gasteiger partial charge in [-0.2, -0.15) is 0 Å². The predicted octanol–water partition coefficient (Wildman–Crippen LogP) is 3.14. The molecule has 2 unspecified atom stereocenters. The molecule has 21 heavy (non-hydrogen) atoms. The molecule has 0 amide bonds. The van der Waals surface area contributed by atoms with Crippen LogP contribution in [0.5, 0.6) is 5.75 Å². The van der Waals surface area contributed by atoms with Crippen LogP contribution in [0.25, 0.3) is 0 Å². The van der Waals surface area contributed by atoms with Gasteiger partial charge in [0, 0.05) is 22.0 Å². The van der Waals surface area contributed by atoms with Gasteiger partial charge in [0.05, 0.1) is 6.61 Å². The molecule has 1 aliphatic heterocycles. The van der Waals surface area contributed by atoms with Crippen molar-refractivity contribution in [1.29, 1.82) is 0 Å². The third kappa shape index (κ3) is 2.95. The van der Waals surface area contributed by atoms with Crippen LogP contribution in [-0.4, -0.2) is 12.6 Å². The largest absolute Gasteiger partial charge is 0.493 e. The monoisotopic (exact) mass is 350 g/mol. The van der Waals surface area contributed by atoms with Crippen molar-refractivity contribution in [3.05, 3.63) is 63.9 Å². The zero-order valence-electron chi connectivity index (χ0n) is 11.4. The highest BCUT2D eigenvalue weighted by Gasteiger charge is 2.31. The van der Waals surface area contributed by atoms with Gasteiger partial charge in [0.1, 0.15) is 11.6 Å². The van der Waals surface area contributed by atoms with Crippen LogP contribution in [0.2, 0.25) is 0 Å². The van der Waals surface area contributed by atoms with Gasteiger partial charge in [-0.25, -0.2) is 4.39 Å². The smallest absolute Gasteiger partial charge is 0.123 e. The maximum Gasteiger partial charge on any atom is 0.123 e. The van der Waals surface area contributed by atoms with Gasteiger partial charge < -0.3 is 4.74 Å². The number of ether oxygens (including phenoxy) is 1. The summed E-state index contributed by atoms with van der Waals surface area (Å²) < 4.78 is 20.0. The summed E-state index contributed by atoms with van der Waals surface area (Å²) in [5.74, 6) is 6.55. The van der Waals surface area contributed by atoms with Gasteiger partial charge in [-0.3, -0.25) is 11.3 Å². The number of nitrogens with two attached hydrogens (primary N) is 1. The van der Waals surface area contributed by atoms with Gasteiger partial charge in [0.25, 0.3) is 0 Å². The quantitative estimate of drug-likeness (QED) is 0.657. The Morgan fingerprint density at radius 2 is 2.14 bits per heavy atom. The molecular weight excluding hydrogens is 335 g/mol. The Bertz CT molecular complexity index is 650. The molecule has 3 N–H and O–H groups in total. The van der Waals surface area contributed by atoms with Gasteiger partial charge in [-0.05, 0) is 36.2 Å². The summed E-state index contributed by atoms with van der Waals surface area (Å²) in [5.41, 5.74) is 4.89. The Labute approximate surface area is 131 Å². The van der Waals surface area contributed by atoms with Gasteiger partial charge in [-0.15, -0.1) is 0 Å². The van der Waals surface area contributed by atoms with E-state index in [1.165, 1.54) is 12.1 Å². The Balaban J connectivity index is 1.85. The molecule has 0 saturated heterocycles. The lowest BCUT2D eigenvalue weighted by molar-refractivity contribution is 0.297. The number of hydrogen-bond donors (Lipinski definition) is 2. The van der Waals surface area contributed by atoms with Gasteiger partial charge >= 0.3 is 0 Å². The van der Waals surface area contributed by atoms with Crippen LogP contribution in [0.4, 0.5) is 4.39 Å². The van der Waals surface area contributed by atoms with Crippen molar-refractivity contribution in [2.45, 2.75) is 18.4 Å². The van der Waals surface area contributed by atoms with E-state index < -0.39 is 0 Å². The summed E-state index contributed by atoms with van der Waals surface area (Å²) in [4.78, 5) is 0. The summed E-state index contributed by atoms with van der Waals surface area (Å²) in [6.07, 6.45) is 0.622. The Kier molecular flexibility index (Phi) is 4.24. The molecule has 1 heterocycles. The van der Waals surface area contributed by atoms with Crippen molar-refractivity contribution in [2.24, 2.45) is 5.84 Å². The zero-order valence-corrected chi connectivity index (χ0v) is 12.9. The van der Waals surface area contributed by atoms with Gasteiger partial charge in [-0.1, -0.05) is 34.1 Å². The predicted molar refractivity (Wildman–Crippen MR) is 83.6 cm³/mol. The third-order valence-corrected chi connectivity index (χ3v) is 4.66. The lowest BCUT2D eigenvalue weighted by Crippen LogP contribution is -2.42. The van der Waals surface area contributed by atoms with E-state index in [1.54, 1.807) is 6.07 Å². The molecule has 1 aliphatic rings. The number of halogens is 2. The molecule has 0 bridgehead atoms. The lowest BCUT2D eigenvalue weighted by atomic mass is 9.89. The van der Waals surface area contributed by atoms with E-state index in [4.69, 9.17) is 10.6 Å². The van der Waals surface area contributed by atoms with Crippen molar-refractivity contribution in [1.82, 2.24) is 5.43 Å². The van der Waals surface area contributed by atoms with Crippen LogP contribution in [0, 0.1) is 5.82 Å². The summed E-state index contributed by atoms with van der Waals surface area (Å²) in [6.45, 7) is 0.584. The highest BCUT2D eigenvalue weighted by atomic mass is 79.9. The number of hydrazine groups is 1. The molecule has 110 valence electrons. The zero-order chi connectivity index (χ0) is 14.8. The number of para-hydroxylation sites is 1. The van der Waals surface area contributed by atoms with E-state index >= 15 is 0 Å². The molecule has 2 aromatic rings. The fourth-order valence-electron chi connectivity index (χ4n) is 2.77. The molecule has 5 heteroatoms. The highest BCUT2D eigenvalue weighted by molar-refractivity contribution is 9.10. The minimum absolute atomic E-state index is 0.0215. The fraction of sp³-hybridized carbons (Fsp3) is 0.250. The summed E-state index contributed by atoms with van der Waals surface area (Å²) in [5, 5.41) is 0. The van der Waals surface area contributed by atoms with E-state index in [0.29, 0.717) is 13.0 Å². The van der Waals surface area contributed by atoms with Crippen molar-refractivity contribution < 1.29 is 9.13 Å². The van der Waals surface area contributed by atoms with E-state index in [2.05, 4.69) is 27.4 Å². The van der Waals surface area contributed by atoms with Gasteiger partial charge in [0.15, 0.2) is 0 Å². The second-order valence-electron chi connectivity index (χ2n) is 5.17. The van der Waals surface area contributed by atoms with Crippen LogP contribution in [-0.2, 0) is 6.42 Å². The van der Waals surface area contributed by atoms with Crippen molar-refractivity contribution >= 4 is 15.9 Å². The van der Waals surface area contributed by atoms with Crippen molar-refractivity contribution in [2.75, 3.05) is 6.61 Å². The molecule has 0 fully saturated rings. The Morgan fingerprint density at radius 1 is 1.33 bits per heavy atom. The number of rotatable bonds is 4. The van der Waals surface area contributed by atoms with Crippen LogP contribution in [0.3, 0.4) is 0 Å². The maximum absolute atomic E-state index is 13.4. The SMILES string of the molecule is NNC(Cc1cc(F)ccc1Br)C1COc2ccccc21. The minimum atomic E-state index is -0.243. The highest BCUT2D eigenvalue weighted by Crippen LogP contribution is 2.36. The minimum Gasteiger partial charge on any atom is -0.493 e. The molecule has 0 radical (unpaired) electrons. The summed E-state index contributed by atoms with van der Waals surface area (Å²) in [7, 11) is 0. The van der Waals surface area contributed by atoms with E-state index in [9.17, 15) is 4.39 Å². The van der Waals surface area contributed by atoms with Crippen LogP contribution >= 0.6 is 15.9 Å². The van der Waals surface area contributed by atoms with Crippen LogP contribution in [0.15, 0.2) is 46.9 Å². The lowest BCUT2D eigenvalue weighted by Gasteiger charge is -2.22. The first-order valence-electron chi connectivity index (χ1n) is 6.81. The number of hydrogen-bond acceptors (Lipinski definition) is 3. The van der Waals surface area contributed by atoms with Crippen molar-refractivity contribution in [3.8, 4) is 5.75 Å². The molecule has 3 nitrogen and oxygen atoms in total. The normalized spacial score (nSPS) is 18.1. The van der Waals surface area contributed by atoms with Crippen LogP contribution < -0.4 is 16.0 Å². The second kappa shape index (κ2) is 6.13. The molecule has 2 aromatic carbocycles. The maximum atomic E-state index is 13.4. The number of fused-ring (bicyclic) bond motifs is 1. The topological polar surface area (TPSA) is 47.3 Å². The van der Waals surface area contributed by atoms with E-state index in [1.807, 2.05) is 18.2 Å². The van der Waals surface area contributed by atoms with E-state index in [-0.39, 0.29) is 17.8 Å². The first-order chi connectivity index (χ1) is 10.2. The Hall–Kier alpha value is -1.43. The summed E-state index contributed by atoms with van der Waals surface area (Å²) >= 11 is 3.46. The van der Waals surface area contributed by atoms with Gasteiger partial charge in [0.2, 0.25) is 0 Å². The first-order valence-corrected chi connectivity index (χ1v) is 7.60. The molecule has 0 spiro atoms. The van der Waals surface area contributed by atoms with Crippen molar-refractivity contribution in [3.63, 3.8) is 0 Å². The molecule has 0 aliphatic carbocycles. The molecule has 3 rings (SSSR count). The van der Waals surface area contributed by atoms with E-state index in [0.717, 1.165) is 21.3 Å². The standard InChI is InChI=1S/C16H16BrFN2O/c17-14-6-5-11(18)7-10(14)8-15(20-19)13-9-21-16-4-2-1-3-12(13)16/h1-7,13,15,20H,8-9,19H2.